The fraction of sp³-hybridized carbons (Fsp3) is 0.200. The molecule has 0 N–H and O–H groups in total. The molecule has 0 aliphatic rings. The van der Waals surface area contributed by atoms with Gasteiger partial charge in [-0.1, -0.05) is 18.2 Å². The highest BCUT2D eigenvalue weighted by atomic mass is 35.5. The van der Waals surface area contributed by atoms with E-state index in [0.717, 1.165) is 0 Å². The van der Waals surface area contributed by atoms with Gasteiger partial charge >= 0.3 is 5.97 Å². The van der Waals surface area contributed by atoms with Crippen LogP contribution in [0.3, 0.4) is 0 Å². The van der Waals surface area contributed by atoms with E-state index < -0.39 is 5.97 Å². The Balaban J connectivity index is 2.46. The molecule has 1 rings (SSSR count). The highest BCUT2D eigenvalue weighted by Crippen LogP contribution is 2.09. The lowest BCUT2D eigenvalue weighted by molar-refractivity contribution is -0.137. The Morgan fingerprint density at radius 2 is 1.86 bits per heavy atom. The van der Waals surface area contributed by atoms with Gasteiger partial charge in [-0.25, -0.2) is 0 Å². The molecule has 0 bridgehead atoms. The van der Waals surface area contributed by atoms with Gasteiger partial charge in [-0.05, 0) is 12.1 Å². The summed E-state index contributed by atoms with van der Waals surface area (Å²) < 4.78 is 4.87. The number of esters is 1. The van der Waals surface area contributed by atoms with Crippen LogP contribution < -0.4 is 4.74 Å². The first-order valence-corrected chi connectivity index (χ1v) is 4.59. The molecule has 1 aromatic rings. The van der Waals surface area contributed by atoms with Crippen LogP contribution in [0.2, 0.25) is 0 Å². The Hall–Kier alpha value is -1.35. The number of benzene rings is 1. The van der Waals surface area contributed by atoms with E-state index in [9.17, 15) is 9.59 Å². The fourth-order valence-corrected chi connectivity index (χ4v) is 0.959. The second-order valence-electron chi connectivity index (χ2n) is 2.64. The first-order valence-electron chi connectivity index (χ1n) is 4.06. The number of carbonyl (C=O) groups is 2. The second kappa shape index (κ2) is 5.40. The van der Waals surface area contributed by atoms with E-state index in [-0.39, 0.29) is 18.1 Å². The standard InChI is InChI=1S/C10H9ClO3/c11-7-8(12)6-10(13)14-9-4-2-1-3-5-9/h1-5H,6-7H2. The van der Waals surface area contributed by atoms with Gasteiger partial charge < -0.3 is 4.74 Å². The number of alkyl halides is 1. The molecule has 74 valence electrons. The van der Waals surface area contributed by atoms with Gasteiger partial charge in [0.05, 0.1) is 5.88 Å². The first-order chi connectivity index (χ1) is 6.72. The maximum absolute atomic E-state index is 11.1. The third kappa shape index (κ3) is 3.58. The molecule has 0 aliphatic carbocycles. The van der Waals surface area contributed by atoms with Gasteiger partial charge in [0.2, 0.25) is 0 Å². The summed E-state index contributed by atoms with van der Waals surface area (Å²) in [6.07, 6.45) is -0.279. The van der Waals surface area contributed by atoms with Gasteiger partial charge in [0.1, 0.15) is 12.2 Å². The molecule has 0 heterocycles. The largest absolute Gasteiger partial charge is 0.426 e. The molecule has 0 saturated carbocycles. The van der Waals surface area contributed by atoms with E-state index in [1.165, 1.54) is 0 Å². The molecule has 0 fully saturated rings. The SMILES string of the molecule is O=C(CCl)CC(=O)Oc1ccccc1. The van der Waals surface area contributed by atoms with Crippen molar-refractivity contribution in [3.05, 3.63) is 30.3 Å². The van der Waals surface area contributed by atoms with Crippen molar-refractivity contribution in [2.24, 2.45) is 0 Å². The summed E-state index contributed by atoms with van der Waals surface area (Å²) in [5.41, 5.74) is 0. The van der Waals surface area contributed by atoms with Crippen molar-refractivity contribution in [3.63, 3.8) is 0 Å². The van der Waals surface area contributed by atoms with E-state index in [0.29, 0.717) is 5.75 Å². The van der Waals surface area contributed by atoms with Crippen LogP contribution in [-0.4, -0.2) is 17.6 Å². The van der Waals surface area contributed by atoms with Crippen molar-refractivity contribution in [1.82, 2.24) is 0 Å². The summed E-state index contributed by atoms with van der Waals surface area (Å²) in [5.74, 6) is -0.654. The zero-order valence-electron chi connectivity index (χ0n) is 7.40. The number of hydrogen-bond acceptors (Lipinski definition) is 3. The number of hydrogen-bond donors (Lipinski definition) is 0. The molecule has 0 aliphatic heterocycles. The number of ether oxygens (including phenoxy) is 1. The Labute approximate surface area is 86.6 Å². The van der Waals surface area contributed by atoms with E-state index in [1.54, 1.807) is 30.3 Å². The maximum Gasteiger partial charge on any atom is 0.318 e. The predicted molar refractivity (Wildman–Crippen MR) is 52.4 cm³/mol. The van der Waals surface area contributed by atoms with Gasteiger partial charge in [0.25, 0.3) is 0 Å². The molecule has 0 spiro atoms. The predicted octanol–water partition coefficient (Wildman–Crippen LogP) is 1.79. The minimum absolute atomic E-state index is 0.163. The Morgan fingerprint density at radius 3 is 2.43 bits per heavy atom. The Kier molecular flexibility index (Phi) is 4.13. The summed E-state index contributed by atoms with van der Waals surface area (Å²) in [6.45, 7) is 0. The number of halogens is 1. The lowest BCUT2D eigenvalue weighted by Crippen LogP contribution is -2.14. The molecule has 0 atom stereocenters. The van der Waals surface area contributed by atoms with Crippen LogP contribution >= 0.6 is 11.6 Å². The minimum atomic E-state index is -0.582. The number of carbonyl (C=O) groups excluding carboxylic acids is 2. The zero-order chi connectivity index (χ0) is 10.4. The summed E-state index contributed by atoms with van der Waals surface area (Å²) >= 11 is 5.24. The van der Waals surface area contributed by atoms with Crippen LogP contribution in [0, 0.1) is 0 Å². The average Bonchev–Trinajstić information content (AvgIpc) is 2.19. The normalized spacial score (nSPS) is 9.50. The highest BCUT2D eigenvalue weighted by molar-refractivity contribution is 6.28. The lowest BCUT2D eigenvalue weighted by atomic mass is 10.3. The molecule has 3 nitrogen and oxygen atoms in total. The van der Waals surface area contributed by atoms with Crippen LogP contribution in [0.4, 0.5) is 0 Å². The molecule has 0 radical (unpaired) electrons. The summed E-state index contributed by atoms with van der Waals surface area (Å²) in [4.78, 5) is 21.9. The maximum atomic E-state index is 11.1. The van der Waals surface area contributed by atoms with E-state index in [2.05, 4.69) is 0 Å². The van der Waals surface area contributed by atoms with Crippen LogP contribution in [0.15, 0.2) is 30.3 Å². The van der Waals surface area contributed by atoms with Crippen molar-refractivity contribution >= 4 is 23.4 Å². The monoisotopic (exact) mass is 212 g/mol. The van der Waals surface area contributed by atoms with Gasteiger partial charge in [0, 0.05) is 0 Å². The molecule has 4 heteroatoms. The van der Waals surface area contributed by atoms with E-state index in [4.69, 9.17) is 16.3 Å². The lowest BCUT2D eigenvalue weighted by Gasteiger charge is -2.01. The van der Waals surface area contributed by atoms with Crippen molar-refractivity contribution in [3.8, 4) is 5.75 Å². The van der Waals surface area contributed by atoms with Crippen molar-refractivity contribution < 1.29 is 14.3 Å². The molecule has 0 unspecified atom stereocenters. The van der Waals surface area contributed by atoms with Crippen molar-refractivity contribution in [1.29, 1.82) is 0 Å². The second-order valence-corrected chi connectivity index (χ2v) is 2.90. The number of para-hydroxylation sites is 1. The third-order valence-electron chi connectivity index (χ3n) is 1.47. The topological polar surface area (TPSA) is 43.4 Å². The quantitative estimate of drug-likeness (QED) is 0.331. The molecule has 1 aromatic carbocycles. The molecule has 0 aromatic heterocycles. The van der Waals surface area contributed by atoms with Gasteiger partial charge in [-0.2, -0.15) is 0 Å². The third-order valence-corrected chi connectivity index (χ3v) is 1.76. The number of Topliss-reactive ketones (excluding diaryl/α,β-unsaturated/α-hetero) is 1. The molecule has 0 saturated heterocycles. The Morgan fingerprint density at radius 1 is 1.21 bits per heavy atom. The molecular formula is C10H9ClO3. The summed E-state index contributed by atoms with van der Waals surface area (Å²) in [7, 11) is 0. The smallest absolute Gasteiger partial charge is 0.318 e. The number of ketones is 1. The van der Waals surface area contributed by atoms with Crippen molar-refractivity contribution in [2.45, 2.75) is 6.42 Å². The fourth-order valence-electron chi connectivity index (χ4n) is 0.864. The minimum Gasteiger partial charge on any atom is -0.426 e. The van der Waals surface area contributed by atoms with Gasteiger partial charge in [-0.3, -0.25) is 9.59 Å². The summed E-state index contributed by atoms with van der Waals surface area (Å²) in [5, 5.41) is 0. The Bertz CT molecular complexity index is 321. The average molecular weight is 213 g/mol. The molecule has 0 amide bonds. The highest BCUT2D eigenvalue weighted by Gasteiger charge is 2.09. The zero-order valence-corrected chi connectivity index (χ0v) is 8.16. The van der Waals surface area contributed by atoms with Gasteiger partial charge in [-0.15, -0.1) is 11.6 Å². The van der Waals surface area contributed by atoms with E-state index in [1.807, 2.05) is 0 Å². The van der Waals surface area contributed by atoms with Crippen LogP contribution in [0.25, 0.3) is 0 Å². The first kappa shape index (κ1) is 10.7. The van der Waals surface area contributed by atoms with E-state index >= 15 is 0 Å². The van der Waals surface area contributed by atoms with Crippen LogP contribution in [0.1, 0.15) is 6.42 Å². The van der Waals surface area contributed by atoms with Gasteiger partial charge in [0.15, 0.2) is 5.78 Å². The van der Waals surface area contributed by atoms with Crippen molar-refractivity contribution in [2.75, 3.05) is 5.88 Å². The number of rotatable bonds is 4. The molecular weight excluding hydrogens is 204 g/mol. The van der Waals surface area contributed by atoms with Crippen LogP contribution in [0.5, 0.6) is 5.75 Å². The molecule has 14 heavy (non-hydrogen) atoms. The summed E-state index contributed by atoms with van der Waals surface area (Å²) in [6, 6.07) is 8.57. The van der Waals surface area contributed by atoms with Crippen LogP contribution in [-0.2, 0) is 9.59 Å².